The first-order chi connectivity index (χ1) is 9.01. The summed E-state index contributed by atoms with van der Waals surface area (Å²) in [6.45, 7) is 10.7. The molecule has 0 aliphatic carbocycles. The number of piperidine rings is 1. The summed E-state index contributed by atoms with van der Waals surface area (Å²) in [6.07, 6.45) is 4.70. The Hall–Kier alpha value is -0.610. The van der Waals surface area contributed by atoms with Crippen molar-refractivity contribution >= 4 is 16.5 Å². The zero-order chi connectivity index (χ0) is 14.0. The van der Waals surface area contributed by atoms with Crippen molar-refractivity contribution in [2.75, 3.05) is 18.0 Å². The topological polar surface area (TPSA) is 36.4 Å². The number of nitrogens with zero attached hydrogens (tertiary/aromatic N) is 2. The normalized spacial score (nSPS) is 20.6. The van der Waals surface area contributed by atoms with Gasteiger partial charge in [-0.15, -0.1) is 0 Å². The second kappa shape index (κ2) is 5.80. The van der Waals surface area contributed by atoms with Crippen LogP contribution in [0.5, 0.6) is 0 Å². The van der Waals surface area contributed by atoms with Crippen LogP contribution in [0.25, 0.3) is 0 Å². The molecule has 0 radical (unpaired) electrons. The molecular formula is C15H26N2OS. The van der Waals surface area contributed by atoms with E-state index in [1.54, 1.807) is 11.3 Å². The SMILES string of the molecule is CCC1(CC)CCN(c2nc(C)c(C(C)O)s2)CC1. The summed E-state index contributed by atoms with van der Waals surface area (Å²) in [5.41, 5.74) is 1.54. The van der Waals surface area contributed by atoms with Gasteiger partial charge in [-0.25, -0.2) is 4.98 Å². The lowest BCUT2D eigenvalue weighted by molar-refractivity contribution is 0.199. The predicted molar refractivity (Wildman–Crippen MR) is 81.9 cm³/mol. The fraction of sp³-hybridized carbons (Fsp3) is 0.800. The molecule has 0 bridgehead atoms. The summed E-state index contributed by atoms with van der Waals surface area (Å²) in [6, 6.07) is 0. The van der Waals surface area contributed by atoms with E-state index in [0.29, 0.717) is 5.41 Å². The van der Waals surface area contributed by atoms with Gasteiger partial charge in [0, 0.05) is 13.1 Å². The Labute approximate surface area is 120 Å². The van der Waals surface area contributed by atoms with E-state index in [0.717, 1.165) is 28.8 Å². The van der Waals surface area contributed by atoms with Crippen LogP contribution in [-0.2, 0) is 0 Å². The maximum absolute atomic E-state index is 9.73. The molecule has 108 valence electrons. The molecule has 1 fully saturated rings. The van der Waals surface area contributed by atoms with Gasteiger partial charge in [0.1, 0.15) is 0 Å². The third-order valence-corrected chi connectivity index (χ3v) is 6.18. The summed E-state index contributed by atoms with van der Waals surface area (Å²) in [7, 11) is 0. The molecule has 2 rings (SSSR count). The molecule has 1 aliphatic rings. The highest BCUT2D eigenvalue weighted by molar-refractivity contribution is 7.15. The minimum atomic E-state index is -0.401. The molecular weight excluding hydrogens is 256 g/mol. The van der Waals surface area contributed by atoms with Crippen molar-refractivity contribution in [1.82, 2.24) is 4.98 Å². The molecule has 1 aromatic heterocycles. The summed E-state index contributed by atoms with van der Waals surface area (Å²) in [5, 5.41) is 10.8. The molecule has 0 spiro atoms. The van der Waals surface area contributed by atoms with Crippen LogP contribution in [0.1, 0.15) is 63.1 Å². The van der Waals surface area contributed by atoms with Gasteiger partial charge >= 0.3 is 0 Å². The number of aryl methyl sites for hydroxylation is 1. The lowest BCUT2D eigenvalue weighted by Crippen LogP contribution is -2.39. The Balaban J connectivity index is 2.07. The molecule has 1 N–H and O–H groups in total. The van der Waals surface area contributed by atoms with Gasteiger partial charge in [0.05, 0.1) is 16.7 Å². The van der Waals surface area contributed by atoms with E-state index in [1.807, 2.05) is 13.8 Å². The summed E-state index contributed by atoms with van der Waals surface area (Å²) in [5.74, 6) is 0. The van der Waals surface area contributed by atoms with Crippen molar-refractivity contribution < 1.29 is 5.11 Å². The van der Waals surface area contributed by atoms with E-state index < -0.39 is 6.10 Å². The van der Waals surface area contributed by atoms with Gasteiger partial charge in [-0.2, -0.15) is 0 Å². The third-order valence-electron chi connectivity index (χ3n) is 4.80. The van der Waals surface area contributed by atoms with Gasteiger partial charge in [-0.3, -0.25) is 0 Å². The highest BCUT2D eigenvalue weighted by Gasteiger charge is 2.32. The van der Waals surface area contributed by atoms with Gasteiger partial charge < -0.3 is 10.0 Å². The van der Waals surface area contributed by atoms with Gasteiger partial charge in [0.2, 0.25) is 0 Å². The van der Waals surface area contributed by atoms with Crippen LogP contribution >= 0.6 is 11.3 Å². The quantitative estimate of drug-likeness (QED) is 0.909. The fourth-order valence-corrected chi connectivity index (χ4v) is 4.10. The second-order valence-corrected chi connectivity index (χ2v) is 6.83. The molecule has 1 saturated heterocycles. The molecule has 4 heteroatoms. The number of anilines is 1. The van der Waals surface area contributed by atoms with E-state index in [9.17, 15) is 5.11 Å². The average molecular weight is 282 g/mol. The van der Waals surface area contributed by atoms with Crippen LogP contribution in [0, 0.1) is 12.3 Å². The Kier molecular flexibility index (Phi) is 4.51. The van der Waals surface area contributed by atoms with Crippen LogP contribution in [0.2, 0.25) is 0 Å². The first-order valence-corrected chi connectivity index (χ1v) is 8.23. The van der Waals surface area contributed by atoms with E-state index in [-0.39, 0.29) is 0 Å². The molecule has 1 aliphatic heterocycles. The Morgan fingerprint density at radius 3 is 2.32 bits per heavy atom. The Morgan fingerprint density at radius 1 is 1.32 bits per heavy atom. The third kappa shape index (κ3) is 2.95. The fourth-order valence-electron chi connectivity index (χ4n) is 3.05. The van der Waals surface area contributed by atoms with Crippen LogP contribution < -0.4 is 4.90 Å². The number of aliphatic hydroxyl groups excluding tert-OH is 1. The number of thiazole rings is 1. The van der Waals surface area contributed by atoms with Crippen LogP contribution in [0.3, 0.4) is 0 Å². The Morgan fingerprint density at radius 2 is 1.89 bits per heavy atom. The van der Waals surface area contributed by atoms with Gasteiger partial charge in [-0.1, -0.05) is 38.0 Å². The molecule has 1 atom stereocenters. The summed E-state index contributed by atoms with van der Waals surface area (Å²) in [4.78, 5) is 8.05. The van der Waals surface area contributed by atoms with Gasteiger partial charge in [0.15, 0.2) is 5.13 Å². The lowest BCUT2D eigenvalue weighted by Gasteiger charge is -2.41. The number of hydrogen-bond acceptors (Lipinski definition) is 4. The maximum Gasteiger partial charge on any atom is 0.185 e. The molecule has 19 heavy (non-hydrogen) atoms. The van der Waals surface area contributed by atoms with Crippen molar-refractivity contribution in [3.8, 4) is 0 Å². The monoisotopic (exact) mass is 282 g/mol. The van der Waals surface area contributed by atoms with Crippen molar-refractivity contribution in [2.45, 2.75) is 59.5 Å². The first-order valence-electron chi connectivity index (χ1n) is 7.41. The largest absolute Gasteiger partial charge is 0.388 e. The van der Waals surface area contributed by atoms with Crippen molar-refractivity contribution in [1.29, 1.82) is 0 Å². The zero-order valence-corrected chi connectivity index (χ0v) is 13.4. The molecule has 0 aromatic carbocycles. The average Bonchev–Trinajstić information content (AvgIpc) is 2.81. The predicted octanol–water partition coefficient (Wildman–Crippen LogP) is 3.91. The van der Waals surface area contributed by atoms with Crippen LogP contribution in [0.4, 0.5) is 5.13 Å². The first kappa shape index (κ1) is 14.8. The lowest BCUT2D eigenvalue weighted by atomic mass is 9.74. The van der Waals surface area contributed by atoms with Crippen LogP contribution in [-0.4, -0.2) is 23.2 Å². The molecule has 0 saturated carbocycles. The molecule has 2 heterocycles. The van der Waals surface area contributed by atoms with Gasteiger partial charge in [0.25, 0.3) is 0 Å². The Bertz CT molecular complexity index is 414. The standard InChI is InChI=1S/C15H26N2OS/c1-5-15(6-2)7-9-17(10-8-15)14-16-11(3)13(19-14)12(4)18/h12,18H,5-10H2,1-4H3. The number of rotatable bonds is 4. The zero-order valence-electron chi connectivity index (χ0n) is 12.6. The number of aliphatic hydroxyl groups is 1. The number of hydrogen-bond donors (Lipinski definition) is 1. The number of aromatic nitrogens is 1. The van der Waals surface area contributed by atoms with E-state index in [2.05, 4.69) is 23.7 Å². The van der Waals surface area contributed by atoms with Gasteiger partial charge in [-0.05, 0) is 32.1 Å². The summed E-state index contributed by atoms with van der Waals surface area (Å²) >= 11 is 1.65. The smallest absolute Gasteiger partial charge is 0.185 e. The highest BCUT2D eigenvalue weighted by atomic mass is 32.1. The molecule has 1 unspecified atom stereocenters. The van der Waals surface area contributed by atoms with E-state index >= 15 is 0 Å². The maximum atomic E-state index is 9.73. The summed E-state index contributed by atoms with van der Waals surface area (Å²) < 4.78 is 0. The molecule has 1 aromatic rings. The van der Waals surface area contributed by atoms with E-state index in [4.69, 9.17) is 0 Å². The molecule has 3 nitrogen and oxygen atoms in total. The minimum Gasteiger partial charge on any atom is -0.388 e. The second-order valence-electron chi connectivity index (χ2n) is 5.82. The molecule has 0 amide bonds. The van der Waals surface area contributed by atoms with Crippen molar-refractivity contribution in [3.05, 3.63) is 10.6 Å². The van der Waals surface area contributed by atoms with Crippen LogP contribution in [0.15, 0.2) is 0 Å². The minimum absolute atomic E-state index is 0.401. The van der Waals surface area contributed by atoms with Crippen molar-refractivity contribution in [2.24, 2.45) is 5.41 Å². The van der Waals surface area contributed by atoms with E-state index in [1.165, 1.54) is 25.7 Å². The van der Waals surface area contributed by atoms with Crippen molar-refractivity contribution in [3.63, 3.8) is 0 Å². The highest BCUT2D eigenvalue weighted by Crippen LogP contribution is 2.40.